The van der Waals surface area contributed by atoms with Crippen LogP contribution in [0.3, 0.4) is 0 Å². The van der Waals surface area contributed by atoms with Gasteiger partial charge in [0.25, 0.3) is 0 Å². The lowest BCUT2D eigenvalue weighted by atomic mass is 9.44. The third kappa shape index (κ3) is 4.16. The summed E-state index contributed by atoms with van der Waals surface area (Å²) in [7, 11) is 0. The fourth-order valence-electron chi connectivity index (χ4n) is 8.42. The second-order valence-corrected chi connectivity index (χ2v) is 12.5. The molecule has 2 nitrogen and oxygen atoms in total. The molecule has 3 aliphatic rings. The molecule has 0 amide bonds. The Hall–Kier alpha value is -1.31. The summed E-state index contributed by atoms with van der Waals surface area (Å²) in [5.74, 6) is 1.75. The third-order valence-corrected chi connectivity index (χ3v) is 10.5. The van der Waals surface area contributed by atoms with E-state index in [4.69, 9.17) is 0 Å². The van der Waals surface area contributed by atoms with Gasteiger partial charge in [0.1, 0.15) is 0 Å². The molecule has 7 atom stereocenters. The van der Waals surface area contributed by atoms with Crippen LogP contribution in [0.25, 0.3) is 0 Å². The van der Waals surface area contributed by atoms with Gasteiger partial charge in [-0.1, -0.05) is 63.1 Å². The van der Waals surface area contributed by atoms with Gasteiger partial charge in [-0.15, -0.1) is 0 Å². The maximum Gasteiger partial charge on any atom is 0.303 e. The second kappa shape index (κ2) is 9.15. The molecule has 32 heavy (non-hydrogen) atoms. The van der Waals surface area contributed by atoms with Gasteiger partial charge < -0.3 is 5.11 Å². The molecule has 0 heterocycles. The van der Waals surface area contributed by atoms with Crippen LogP contribution in [0.1, 0.15) is 106 Å². The van der Waals surface area contributed by atoms with Crippen LogP contribution in [0.4, 0.5) is 0 Å². The summed E-state index contributed by atoms with van der Waals surface area (Å²) in [5.41, 5.74) is 4.94. The fourth-order valence-corrected chi connectivity index (χ4v) is 8.42. The Kier molecular flexibility index (Phi) is 7.24. The molecule has 1 N–H and O–H groups in total. The first-order valence-corrected chi connectivity index (χ1v) is 13.1. The van der Waals surface area contributed by atoms with E-state index in [9.17, 15) is 9.90 Å². The second-order valence-electron chi connectivity index (χ2n) is 12.5. The van der Waals surface area contributed by atoms with E-state index in [-0.39, 0.29) is 17.3 Å². The quantitative estimate of drug-likeness (QED) is 0.384. The molecule has 2 fully saturated rings. The Morgan fingerprint density at radius 3 is 2.50 bits per heavy atom. The predicted molar refractivity (Wildman–Crippen MR) is 135 cm³/mol. The standard InChI is InChI=1S/C30H48O2/c1-20(2)10-9-11-22(5)24-14-18-30(8)26-13-12-23(21(3)4)28(6,17-16-27(31)32)25(26)15-19-29(24,30)7/h10,13,22-25H,3,9,11-12,14-19H2,1-2,4-8H3,(H,31,32)/t22-,23-,24-,25-,28-,29-,30+/m0/s1. The highest BCUT2D eigenvalue weighted by molar-refractivity contribution is 5.66. The Morgan fingerprint density at radius 1 is 1.22 bits per heavy atom. The average Bonchev–Trinajstić information content (AvgIpc) is 2.98. The topological polar surface area (TPSA) is 37.3 Å². The van der Waals surface area contributed by atoms with E-state index in [1.54, 1.807) is 5.57 Å². The molecule has 180 valence electrons. The zero-order valence-electron chi connectivity index (χ0n) is 21.9. The van der Waals surface area contributed by atoms with Crippen LogP contribution in [0.15, 0.2) is 35.5 Å². The molecular formula is C30H48O2. The smallest absolute Gasteiger partial charge is 0.303 e. The minimum atomic E-state index is -0.666. The third-order valence-electron chi connectivity index (χ3n) is 10.5. The molecule has 0 radical (unpaired) electrons. The first kappa shape index (κ1) is 25.3. The summed E-state index contributed by atoms with van der Waals surface area (Å²) in [6.45, 7) is 20.9. The van der Waals surface area contributed by atoms with Crippen molar-refractivity contribution in [2.24, 2.45) is 39.9 Å². The van der Waals surface area contributed by atoms with E-state index in [1.807, 2.05) is 0 Å². The lowest BCUT2D eigenvalue weighted by Gasteiger charge is -2.60. The van der Waals surface area contributed by atoms with E-state index in [2.05, 4.69) is 67.2 Å². The predicted octanol–water partition coefficient (Wildman–Crippen LogP) is 8.60. The molecule has 0 spiro atoms. The Bertz CT molecular complexity index is 800. The molecule has 0 aromatic carbocycles. The van der Waals surface area contributed by atoms with Gasteiger partial charge in [0.15, 0.2) is 0 Å². The Labute approximate surface area is 197 Å². The average molecular weight is 441 g/mol. The molecule has 3 rings (SSSR count). The fraction of sp³-hybridized carbons (Fsp3) is 0.767. The van der Waals surface area contributed by atoms with E-state index < -0.39 is 5.97 Å². The van der Waals surface area contributed by atoms with Gasteiger partial charge in [0, 0.05) is 6.42 Å². The number of carboxylic acids is 1. The van der Waals surface area contributed by atoms with Crippen molar-refractivity contribution in [3.05, 3.63) is 35.5 Å². The van der Waals surface area contributed by atoms with E-state index >= 15 is 0 Å². The molecule has 2 heteroatoms. The largest absolute Gasteiger partial charge is 0.481 e. The van der Waals surface area contributed by atoms with Crippen LogP contribution in [-0.2, 0) is 4.79 Å². The highest BCUT2D eigenvalue weighted by Gasteiger charge is 2.63. The highest BCUT2D eigenvalue weighted by atomic mass is 16.4. The lowest BCUT2D eigenvalue weighted by molar-refractivity contribution is -0.138. The van der Waals surface area contributed by atoms with Crippen LogP contribution < -0.4 is 0 Å². The summed E-state index contributed by atoms with van der Waals surface area (Å²) >= 11 is 0. The van der Waals surface area contributed by atoms with Gasteiger partial charge in [-0.2, -0.15) is 0 Å². The maximum atomic E-state index is 11.5. The first-order valence-electron chi connectivity index (χ1n) is 13.1. The summed E-state index contributed by atoms with van der Waals surface area (Å²) in [5, 5.41) is 9.48. The van der Waals surface area contributed by atoms with Gasteiger partial charge >= 0.3 is 5.97 Å². The monoisotopic (exact) mass is 440 g/mol. The molecule has 3 aliphatic carbocycles. The van der Waals surface area contributed by atoms with Gasteiger partial charge in [0.2, 0.25) is 0 Å². The first-order chi connectivity index (χ1) is 14.9. The SMILES string of the molecule is C=C(C)[C@@H]1CC=C2[C@H](CC[C@@]3(C)[C@H]([C@@H](C)CCC=C(C)C)CC[C@]23C)[C@@]1(C)CCC(=O)O. The number of rotatable bonds is 8. The van der Waals surface area contributed by atoms with Gasteiger partial charge in [-0.05, 0) is 112 Å². The molecule has 0 aromatic heterocycles. The number of aliphatic carboxylic acids is 1. The van der Waals surface area contributed by atoms with Crippen molar-refractivity contribution in [1.29, 1.82) is 0 Å². The van der Waals surface area contributed by atoms with E-state index in [1.165, 1.54) is 49.7 Å². The summed E-state index contributed by atoms with van der Waals surface area (Å²) < 4.78 is 0. The molecule has 2 saturated carbocycles. The maximum absolute atomic E-state index is 11.5. The zero-order chi connectivity index (χ0) is 23.9. The van der Waals surface area contributed by atoms with Crippen LogP contribution >= 0.6 is 0 Å². The van der Waals surface area contributed by atoms with Crippen molar-refractivity contribution in [1.82, 2.24) is 0 Å². The van der Waals surface area contributed by atoms with Gasteiger partial charge in [-0.3, -0.25) is 4.79 Å². The molecular weight excluding hydrogens is 392 g/mol. The molecule has 0 saturated heterocycles. The van der Waals surface area contributed by atoms with Gasteiger partial charge in [-0.25, -0.2) is 0 Å². The molecule has 0 aliphatic heterocycles. The lowest BCUT2D eigenvalue weighted by Crippen LogP contribution is -2.52. The summed E-state index contributed by atoms with van der Waals surface area (Å²) in [4.78, 5) is 11.5. The van der Waals surface area contributed by atoms with Crippen molar-refractivity contribution >= 4 is 5.97 Å². The minimum absolute atomic E-state index is 0.00575. The van der Waals surface area contributed by atoms with Crippen LogP contribution in [-0.4, -0.2) is 11.1 Å². The molecule has 0 bridgehead atoms. The van der Waals surface area contributed by atoms with Crippen LogP contribution in [0, 0.1) is 39.9 Å². The molecule has 0 unspecified atom stereocenters. The van der Waals surface area contributed by atoms with E-state index in [0.717, 1.165) is 24.7 Å². The zero-order valence-corrected chi connectivity index (χ0v) is 21.9. The van der Waals surface area contributed by atoms with Crippen molar-refractivity contribution in [2.75, 3.05) is 0 Å². The highest BCUT2D eigenvalue weighted by Crippen LogP contribution is 2.71. The van der Waals surface area contributed by atoms with Gasteiger partial charge in [0.05, 0.1) is 0 Å². The number of hydrogen-bond acceptors (Lipinski definition) is 1. The van der Waals surface area contributed by atoms with E-state index in [0.29, 0.717) is 17.3 Å². The van der Waals surface area contributed by atoms with Crippen molar-refractivity contribution < 1.29 is 9.90 Å². The van der Waals surface area contributed by atoms with Crippen molar-refractivity contribution in [2.45, 2.75) is 106 Å². The van der Waals surface area contributed by atoms with Crippen LogP contribution in [0.2, 0.25) is 0 Å². The number of carboxylic acid groups (broad SMARTS) is 1. The number of hydrogen-bond donors (Lipinski definition) is 1. The summed E-state index contributed by atoms with van der Waals surface area (Å²) in [6.07, 6.45) is 14.6. The van der Waals surface area contributed by atoms with Crippen LogP contribution in [0.5, 0.6) is 0 Å². The Morgan fingerprint density at radius 2 is 1.91 bits per heavy atom. The van der Waals surface area contributed by atoms with Crippen molar-refractivity contribution in [3.8, 4) is 0 Å². The Balaban J connectivity index is 1.91. The number of fused-ring (bicyclic) bond motifs is 3. The summed E-state index contributed by atoms with van der Waals surface area (Å²) in [6, 6.07) is 0. The number of carbonyl (C=O) groups is 1. The minimum Gasteiger partial charge on any atom is -0.481 e. The molecule has 0 aromatic rings. The number of allylic oxidation sites excluding steroid dienone is 5. The normalized spacial score (nSPS) is 39.5. The van der Waals surface area contributed by atoms with Crippen molar-refractivity contribution in [3.63, 3.8) is 0 Å².